The van der Waals surface area contributed by atoms with Crippen molar-refractivity contribution in [2.24, 2.45) is 7.05 Å². The van der Waals surface area contributed by atoms with E-state index >= 15 is 0 Å². The Bertz CT molecular complexity index is 472. The van der Waals surface area contributed by atoms with Crippen LogP contribution in [0.15, 0.2) is 29.5 Å². The minimum atomic E-state index is -1.07. The monoisotopic (exact) mass is 236 g/mol. The molecule has 5 heteroatoms. The van der Waals surface area contributed by atoms with Crippen LogP contribution in [0.3, 0.4) is 0 Å². The standard InChI is InChI=1S/C12H16N2O3/c1-8(9(2)12(16)17)11(15)13-7-10-5-4-6-14(10)3/h4-6H,7H2,1-3H3,(H,13,15)(H,16,17)/b9-8+. The molecule has 1 amide bonds. The van der Waals surface area contributed by atoms with Gasteiger partial charge in [-0.2, -0.15) is 0 Å². The van der Waals surface area contributed by atoms with Crippen LogP contribution in [-0.2, 0) is 23.2 Å². The Morgan fingerprint density at radius 1 is 1.35 bits per heavy atom. The third kappa shape index (κ3) is 3.21. The number of nitrogens with one attached hydrogen (secondary N) is 1. The number of amides is 1. The van der Waals surface area contributed by atoms with Crippen molar-refractivity contribution >= 4 is 11.9 Å². The second-order valence-electron chi connectivity index (χ2n) is 3.85. The number of aromatic nitrogens is 1. The predicted molar refractivity (Wildman–Crippen MR) is 63.3 cm³/mol. The minimum Gasteiger partial charge on any atom is -0.478 e. The number of aliphatic carboxylic acids is 1. The van der Waals surface area contributed by atoms with Gasteiger partial charge in [0.05, 0.1) is 6.54 Å². The van der Waals surface area contributed by atoms with Crippen molar-refractivity contribution in [3.8, 4) is 0 Å². The van der Waals surface area contributed by atoms with Gasteiger partial charge in [-0.05, 0) is 26.0 Å². The highest BCUT2D eigenvalue weighted by atomic mass is 16.4. The lowest BCUT2D eigenvalue weighted by atomic mass is 10.1. The first kappa shape index (κ1) is 13.0. The molecule has 1 heterocycles. The molecule has 0 bridgehead atoms. The Labute approximate surface area is 99.7 Å². The Hall–Kier alpha value is -2.04. The number of hydrogen-bond acceptors (Lipinski definition) is 2. The van der Waals surface area contributed by atoms with Gasteiger partial charge in [0.1, 0.15) is 0 Å². The molecule has 0 fully saturated rings. The maximum atomic E-state index is 11.7. The summed E-state index contributed by atoms with van der Waals surface area (Å²) in [7, 11) is 1.88. The zero-order valence-corrected chi connectivity index (χ0v) is 10.2. The number of rotatable bonds is 4. The van der Waals surface area contributed by atoms with Gasteiger partial charge in [0.15, 0.2) is 0 Å². The van der Waals surface area contributed by atoms with Crippen molar-refractivity contribution in [3.05, 3.63) is 35.2 Å². The number of carbonyl (C=O) groups is 2. The van der Waals surface area contributed by atoms with Crippen LogP contribution >= 0.6 is 0 Å². The van der Waals surface area contributed by atoms with Crippen molar-refractivity contribution in [2.45, 2.75) is 20.4 Å². The quantitative estimate of drug-likeness (QED) is 0.768. The van der Waals surface area contributed by atoms with E-state index in [0.29, 0.717) is 6.54 Å². The topological polar surface area (TPSA) is 71.3 Å². The van der Waals surface area contributed by atoms with Crippen molar-refractivity contribution in [1.82, 2.24) is 9.88 Å². The molecule has 0 aliphatic heterocycles. The summed E-state index contributed by atoms with van der Waals surface area (Å²) in [6.45, 7) is 3.30. The first-order chi connectivity index (χ1) is 7.93. The first-order valence-electron chi connectivity index (χ1n) is 5.22. The highest BCUT2D eigenvalue weighted by molar-refractivity contribution is 6.01. The van der Waals surface area contributed by atoms with Crippen LogP contribution in [0.25, 0.3) is 0 Å². The van der Waals surface area contributed by atoms with Gasteiger partial charge in [-0.15, -0.1) is 0 Å². The van der Waals surface area contributed by atoms with Crippen molar-refractivity contribution in [3.63, 3.8) is 0 Å². The van der Waals surface area contributed by atoms with Crippen molar-refractivity contribution in [2.75, 3.05) is 0 Å². The molecule has 0 aromatic carbocycles. The van der Waals surface area contributed by atoms with Crippen LogP contribution in [0.2, 0.25) is 0 Å². The normalized spacial score (nSPS) is 11.9. The summed E-state index contributed by atoms with van der Waals surface area (Å²) < 4.78 is 1.89. The second kappa shape index (κ2) is 5.34. The van der Waals surface area contributed by atoms with Crippen molar-refractivity contribution in [1.29, 1.82) is 0 Å². The van der Waals surface area contributed by atoms with E-state index in [1.54, 1.807) is 0 Å². The number of carbonyl (C=O) groups excluding carboxylic acids is 1. The lowest BCUT2D eigenvalue weighted by Crippen LogP contribution is -2.26. The van der Waals surface area contributed by atoms with Crippen LogP contribution in [0, 0.1) is 0 Å². The molecule has 0 spiro atoms. The van der Waals surface area contributed by atoms with Gasteiger partial charge >= 0.3 is 5.97 Å². The number of aryl methyl sites for hydroxylation is 1. The highest BCUT2D eigenvalue weighted by Gasteiger charge is 2.12. The van der Waals surface area contributed by atoms with Crippen LogP contribution in [-0.4, -0.2) is 21.6 Å². The molecule has 0 radical (unpaired) electrons. The third-order valence-electron chi connectivity index (χ3n) is 2.71. The molecule has 2 N–H and O–H groups in total. The van der Waals surface area contributed by atoms with Gasteiger partial charge in [0.25, 0.3) is 0 Å². The van der Waals surface area contributed by atoms with Crippen LogP contribution < -0.4 is 5.32 Å². The van der Waals surface area contributed by atoms with Gasteiger partial charge in [-0.1, -0.05) is 0 Å². The minimum absolute atomic E-state index is 0.0642. The SMILES string of the molecule is C/C(C(=O)O)=C(/C)C(=O)NCc1cccn1C. The fourth-order valence-electron chi connectivity index (χ4n) is 1.31. The van der Waals surface area contributed by atoms with E-state index in [1.165, 1.54) is 13.8 Å². The second-order valence-corrected chi connectivity index (χ2v) is 3.85. The third-order valence-corrected chi connectivity index (χ3v) is 2.71. The molecule has 1 aromatic heterocycles. The first-order valence-corrected chi connectivity index (χ1v) is 5.22. The number of nitrogens with zero attached hydrogens (tertiary/aromatic N) is 1. The molecule has 0 saturated heterocycles. The molecule has 0 aliphatic rings. The van der Waals surface area contributed by atoms with Gasteiger partial charge in [0, 0.05) is 30.1 Å². The predicted octanol–water partition coefficient (Wildman–Crippen LogP) is 1.06. The summed E-state index contributed by atoms with van der Waals surface area (Å²) in [5.74, 6) is -1.43. The largest absolute Gasteiger partial charge is 0.478 e. The Kier molecular flexibility index (Phi) is 4.09. The molecule has 17 heavy (non-hydrogen) atoms. The average molecular weight is 236 g/mol. The number of hydrogen-bond donors (Lipinski definition) is 2. The van der Waals surface area contributed by atoms with E-state index in [0.717, 1.165) is 5.69 Å². The van der Waals surface area contributed by atoms with Crippen LogP contribution in [0.1, 0.15) is 19.5 Å². The Balaban J connectivity index is 2.65. The molecular weight excluding hydrogens is 220 g/mol. The fourth-order valence-corrected chi connectivity index (χ4v) is 1.31. The van der Waals surface area contributed by atoms with E-state index in [1.807, 2.05) is 29.9 Å². The molecule has 92 valence electrons. The molecule has 1 aromatic rings. The maximum absolute atomic E-state index is 11.7. The van der Waals surface area contributed by atoms with E-state index < -0.39 is 5.97 Å². The summed E-state index contributed by atoms with van der Waals surface area (Å²) in [4.78, 5) is 22.3. The number of carboxylic acids is 1. The van der Waals surface area contributed by atoms with Crippen LogP contribution in [0.4, 0.5) is 0 Å². The molecule has 0 saturated carbocycles. The summed E-state index contributed by atoms with van der Waals surface area (Å²) in [5.41, 5.74) is 1.25. The Morgan fingerprint density at radius 3 is 2.47 bits per heavy atom. The lowest BCUT2D eigenvalue weighted by Gasteiger charge is -2.07. The Morgan fingerprint density at radius 2 is 2.00 bits per heavy atom. The van der Waals surface area contributed by atoms with E-state index in [-0.39, 0.29) is 17.1 Å². The molecule has 0 aliphatic carbocycles. The fraction of sp³-hybridized carbons (Fsp3) is 0.333. The van der Waals surface area contributed by atoms with Crippen molar-refractivity contribution < 1.29 is 14.7 Å². The summed E-state index contributed by atoms with van der Waals surface area (Å²) in [6.07, 6.45) is 1.88. The van der Waals surface area contributed by atoms with Gasteiger partial charge in [0.2, 0.25) is 5.91 Å². The summed E-state index contributed by atoms with van der Waals surface area (Å²) in [6, 6.07) is 3.77. The maximum Gasteiger partial charge on any atom is 0.331 e. The van der Waals surface area contributed by atoms with Gasteiger partial charge < -0.3 is 15.0 Å². The molecular formula is C12H16N2O3. The number of carboxylic acid groups (broad SMARTS) is 1. The molecule has 5 nitrogen and oxygen atoms in total. The van der Waals surface area contributed by atoms with Gasteiger partial charge in [-0.3, -0.25) is 4.79 Å². The smallest absolute Gasteiger partial charge is 0.331 e. The van der Waals surface area contributed by atoms with E-state index in [9.17, 15) is 9.59 Å². The van der Waals surface area contributed by atoms with Crippen LogP contribution in [0.5, 0.6) is 0 Å². The zero-order valence-electron chi connectivity index (χ0n) is 10.2. The summed E-state index contributed by atoms with van der Waals surface area (Å²) in [5, 5.41) is 11.4. The highest BCUT2D eigenvalue weighted by Crippen LogP contribution is 2.04. The summed E-state index contributed by atoms with van der Waals surface area (Å²) >= 11 is 0. The van der Waals surface area contributed by atoms with E-state index in [4.69, 9.17) is 5.11 Å². The van der Waals surface area contributed by atoms with E-state index in [2.05, 4.69) is 5.32 Å². The lowest BCUT2D eigenvalue weighted by molar-refractivity contribution is -0.133. The molecule has 0 unspecified atom stereocenters. The zero-order chi connectivity index (χ0) is 13.0. The average Bonchev–Trinajstić information content (AvgIpc) is 2.69. The molecule has 1 rings (SSSR count). The van der Waals surface area contributed by atoms with Gasteiger partial charge in [-0.25, -0.2) is 4.79 Å². The molecule has 0 atom stereocenters.